The number of benzene rings is 1. The van der Waals surface area contributed by atoms with E-state index in [0.29, 0.717) is 0 Å². The van der Waals surface area contributed by atoms with Gasteiger partial charge in [-0.1, -0.05) is 44.7 Å². The number of hydrogen-bond acceptors (Lipinski definition) is 1. The largest absolute Gasteiger partial charge is 0.316 e. The molecule has 0 unspecified atom stereocenters. The molecule has 16 heavy (non-hydrogen) atoms. The zero-order chi connectivity index (χ0) is 12.4. The van der Waals surface area contributed by atoms with Gasteiger partial charge in [-0.15, -0.1) is 0 Å². The second-order valence-corrected chi connectivity index (χ2v) is 5.80. The summed E-state index contributed by atoms with van der Waals surface area (Å²) in [6.07, 6.45) is 0. The van der Waals surface area contributed by atoms with Crippen LogP contribution < -0.4 is 5.73 Å². The molecular weight excluding hydrogens is 194 g/mol. The van der Waals surface area contributed by atoms with Crippen molar-refractivity contribution in [1.82, 2.24) is 0 Å². The van der Waals surface area contributed by atoms with Crippen LogP contribution in [0, 0.1) is 11.8 Å². The van der Waals surface area contributed by atoms with E-state index in [9.17, 15) is 0 Å². The summed E-state index contributed by atoms with van der Waals surface area (Å²) in [6, 6.07) is 8.37. The lowest BCUT2D eigenvalue weighted by Crippen LogP contribution is -2.29. The first-order valence-electron chi connectivity index (χ1n) is 5.61. The van der Waals surface area contributed by atoms with Crippen molar-refractivity contribution in [3.8, 4) is 11.8 Å². The Bertz CT molecular complexity index is 402. The Labute approximate surface area is 99.1 Å². The monoisotopic (exact) mass is 215 g/mol. The topological polar surface area (TPSA) is 26.0 Å². The van der Waals surface area contributed by atoms with Gasteiger partial charge in [0.2, 0.25) is 0 Å². The second kappa shape index (κ2) is 4.31. The van der Waals surface area contributed by atoms with E-state index in [0.717, 1.165) is 5.56 Å². The molecule has 0 radical (unpaired) electrons. The van der Waals surface area contributed by atoms with E-state index >= 15 is 0 Å². The fourth-order valence-corrected chi connectivity index (χ4v) is 1.29. The molecule has 86 valence electrons. The molecular formula is C15H21N. The van der Waals surface area contributed by atoms with E-state index in [2.05, 4.69) is 56.9 Å². The molecule has 0 heterocycles. The highest BCUT2D eigenvalue weighted by Crippen LogP contribution is 2.21. The molecule has 0 bridgehead atoms. The molecule has 0 amide bonds. The maximum Gasteiger partial charge on any atom is 0.0722 e. The molecule has 2 N–H and O–H groups in total. The van der Waals surface area contributed by atoms with Crippen LogP contribution in [0.2, 0.25) is 0 Å². The van der Waals surface area contributed by atoms with Crippen molar-refractivity contribution >= 4 is 0 Å². The van der Waals surface area contributed by atoms with Crippen LogP contribution >= 0.6 is 0 Å². The van der Waals surface area contributed by atoms with Gasteiger partial charge in [-0.25, -0.2) is 0 Å². The van der Waals surface area contributed by atoms with Gasteiger partial charge in [0.1, 0.15) is 0 Å². The first kappa shape index (κ1) is 12.8. The van der Waals surface area contributed by atoms with E-state index in [1.54, 1.807) is 0 Å². The van der Waals surface area contributed by atoms with Crippen LogP contribution in [0.4, 0.5) is 0 Å². The number of hydrogen-bond donors (Lipinski definition) is 1. The predicted octanol–water partition coefficient (Wildman–Crippen LogP) is 3.07. The SMILES string of the molecule is CC(C)(N)C#Cc1ccc(C(C)(C)C)cc1. The molecule has 0 atom stereocenters. The number of rotatable bonds is 0. The Morgan fingerprint density at radius 2 is 1.44 bits per heavy atom. The highest BCUT2D eigenvalue weighted by atomic mass is 14.7. The Morgan fingerprint density at radius 3 is 1.81 bits per heavy atom. The summed E-state index contributed by atoms with van der Waals surface area (Å²) in [5.74, 6) is 6.11. The van der Waals surface area contributed by atoms with Crippen molar-refractivity contribution in [2.75, 3.05) is 0 Å². The zero-order valence-corrected chi connectivity index (χ0v) is 10.9. The van der Waals surface area contributed by atoms with Gasteiger partial charge in [-0.05, 0) is 37.0 Å². The first-order chi connectivity index (χ1) is 7.18. The lowest BCUT2D eigenvalue weighted by Gasteiger charge is -2.18. The third-order valence-corrected chi connectivity index (χ3v) is 2.28. The Hall–Kier alpha value is -1.26. The summed E-state index contributed by atoms with van der Waals surface area (Å²) < 4.78 is 0. The van der Waals surface area contributed by atoms with E-state index in [-0.39, 0.29) is 5.41 Å². The molecule has 1 rings (SSSR count). The molecule has 0 spiro atoms. The molecule has 0 aliphatic heterocycles. The van der Waals surface area contributed by atoms with Crippen molar-refractivity contribution in [2.24, 2.45) is 5.73 Å². The fraction of sp³-hybridized carbons (Fsp3) is 0.467. The maximum absolute atomic E-state index is 5.81. The Balaban J connectivity index is 2.91. The van der Waals surface area contributed by atoms with Crippen LogP contribution in [0.25, 0.3) is 0 Å². The molecule has 1 aromatic carbocycles. The maximum atomic E-state index is 5.81. The average molecular weight is 215 g/mol. The smallest absolute Gasteiger partial charge is 0.0722 e. The van der Waals surface area contributed by atoms with Gasteiger partial charge in [-0.3, -0.25) is 0 Å². The van der Waals surface area contributed by atoms with Crippen molar-refractivity contribution < 1.29 is 0 Å². The van der Waals surface area contributed by atoms with Crippen LogP contribution in [0.5, 0.6) is 0 Å². The average Bonchev–Trinajstić information content (AvgIpc) is 2.13. The van der Waals surface area contributed by atoms with E-state index in [1.165, 1.54) is 5.56 Å². The van der Waals surface area contributed by atoms with Crippen molar-refractivity contribution in [3.63, 3.8) is 0 Å². The van der Waals surface area contributed by atoms with Gasteiger partial charge in [0.15, 0.2) is 0 Å². The van der Waals surface area contributed by atoms with Gasteiger partial charge in [-0.2, -0.15) is 0 Å². The lowest BCUT2D eigenvalue weighted by atomic mass is 9.87. The van der Waals surface area contributed by atoms with Gasteiger partial charge >= 0.3 is 0 Å². The van der Waals surface area contributed by atoms with Crippen LogP contribution in [0.1, 0.15) is 45.7 Å². The molecule has 1 nitrogen and oxygen atoms in total. The summed E-state index contributed by atoms with van der Waals surface area (Å²) in [6.45, 7) is 10.4. The molecule has 0 aromatic heterocycles. The minimum absolute atomic E-state index is 0.194. The standard InChI is InChI=1S/C15H21N/c1-14(2,3)13-8-6-12(7-9-13)10-11-15(4,5)16/h6-9H,16H2,1-5H3. The summed E-state index contributed by atoms with van der Waals surface area (Å²) >= 11 is 0. The van der Waals surface area contributed by atoms with Crippen LogP contribution in [-0.2, 0) is 5.41 Å². The van der Waals surface area contributed by atoms with Gasteiger partial charge in [0, 0.05) is 5.56 Å². The van der Waals surface area contributed by atoms with E-state index in [1.807, 2.05) is 13.8 Å². The Morgan fingerprint density at radius 1 is 0.938 bits per heavy atom. The summed E-state index contributed by atoms with van der Waals surface area (Å²) in [5.41, 5.74) is 7.92. The minimum Gasteiger partial charge on any atom is -0.316 e. The molecule has 0 aliphatic rings. The summed E-state index contributed by atoms with van der Waals surface area (Å²) in [7, 11) is 0. The molecule has 1 aromatic rings. The lowest BCUT2D eigenvalue weighted by molar-refractivity contribution is 0.590. The minimum atomic E-state index is -0.428. The summed E-state index contributed by atoms with van der Waals surface area (Å²) in [4.78, 5) is 0. The summed E-state index contributed by atoms with van der Waals surface area (Å²) in [5, 5.41) is 0. The van der Waals surface area contributed by atoms with Gasteiger partial charge < -0.3 is 5.73 Å². The van der Waals surface area contributed by atoms with Crippen LogP contribution in [-0.4, -0.2) is 5.54 Å². The third kappa shape index (κ3) is 4.08. The molecule has 1 heteroatoms. The normalized spacial score (nSPS) is 11.9. The first-order valence-corrected chi connectivity index (χ1v) is 5.61. The quantitative estimate of drug-likeness (QED) is 0.661. The van der Waals surface area contributed by atoms with E-state index < -0.39 is 5.54 Å². The van der Waals surface area contributed by atoms with Crippen LogP contribution in [0.3, 0.4) is 0 Å². The van der Waals surface area contributed by atoms with Crippen molar-refractivity contribution in [3.05, 3.63) is 35.4 Å². The van der Waals surface area contributed by atoms with E-state index in [4.69, 9.17) is 5.73 Å². The fourth-order valence-electron chi connectivity index (χ4n) is 1.29. The highest BCUT2D eigenvalue weighted by Gasteiger charge is 2.12. The van der Waals surface area contributed by atoms with Gasteiger partial charge in [0.05, 0.1) is 5.54 Å². The highest BCUT2D eigenvalue weighted by molar-refractivity contribution is 5.39. The molecule has 0 aliphatic carbocycles. The number of nitrogens with two attached hydrogens (primary N) is 1. The predicted molar refractivity (Wildman–Crippen MR) is 70.3 cm³/mol. The van der Waals surface area contributed by atoms with Gasteiger partial charge in [0.25, 0.3) is 0 Å². The zero-order valence-electron chi connectivity index (χ0n) is 10.9. The molecule has 0 saturated carbocycles. The molecule has 0 fully saturated rings. The Kier molecular flexibility index (Phi) is 3.45. The van der Waals surface area contributed by atoms with Crippen molar-refractivity contribution in [1.29, 1.82) is 0 Å². The second-order valence-electron chi connectivity index (χ2n) is 5.80. The van der Waals surface area contributed by atoms with Crippen LogP contribution in [0.15, 0.2) is 24.3 Å². The molecule has 0 saturated heterocycles. The third-order valence-electron chi connectivity index (χ3n) is 2.28. The van der Waals surface area contributed by atoms with Crippen molar-refractivity contribution in [2.45, 2.75) is 45.6 Å².